The highest BCUT2D eigenvalue weighted by molar-refractivity contribution is 5.70. The van der Waals surface area contributed by atoms with Crippen LogP contribution in [0.4, 0.5) is 13.2 Å². The van der Waals surface area contributed by atoms with Crippen LogP contribution in [-0.4, -0.2) is 11.1 Å². The van der Waals surface area contributed by atoms with Gasteiger partial charge in [0.05, 0.1) is 6.42 Å². The molecule has 0 aliphatic heterocycles. The van der Waals surface area contributed by atoms with Gasteiger partial charge in [0.15, 0.2) is 11.6 Å². The topological polar surface area (TPSA) is 46.5 Å². The first-order chi connectivity index (χ1) is 18.1. The summed E-state index contributed by atoms with van der Waals surface area (Å²) in [4.78, 5) is 11.4. The molecule has 0 saturated heterocycles. The number of hydrogen-bond acceptors (Lipinski definition) is 2. The fourth-order valence-electron chi connectivity index (χ4n) is 6.15. The Labute approximate surface area is 221 Å². The van der Waals surface area contributed by atoms with E-state index in [0.717, 1.165) is 55.4 Å². The SMILES string of the molecule is CC1(C)CCC[C@@H]1c1cc(COc2cccc([C@H](CC(=O)O)C3CC3)c2F)ccc1-c1cc(F)ccc1F. The molecule has 3 aromatic carbocycles. The predicted octanol–water partition coefficient (Wildman–Crippen LogP) is 8.61. The fourth-order valence-corrected chi connectivity index (χ4v) is 6.15. The van der Waals surface area contributed by atoms with Gasteiger partial charge in [-0.2, -0.15) is 0 Å². The van der Waals surface area contributed by atoms with Crippen LogP contribution in [0.3, 0.4) is 0 Å². The van der Waals surface area contributed by atoms with E-state index >= 15 is 4.39 Å². The summed E-state index contributed by atoms with van der Waals surface area (Å²) in [6, 6.07) is 14.0. The minimum Gasteiger partial charge on any atom is -0.486 e. The van der Waals surface area contributed by atoms with E-state index in [-0.39, 0.29) is 47.5 Å². The van der Waals surface area contributed by atoms with E-state index in [1.54, 1.807) is 18.2 Å². The molecule has 3 aromatic rings. The van der Waals surface area contributed by atoms with E-state index in [1.165, 1.54) is 6.07 Å². The Balaban J connectivity index is 1.45. The lowest BCUT2D eigenvalue weighted by atomic mass is 9.75. The highest BCUT2D eigenvalue weighted by Gasteiger charge is 2.38. The molecule has 0 aromatic heterocycles. The fraction of sp³-hybridized carbons (Fsp3) is 0.406. The first-order valence-electron chi connectivity index (χ1n) is 13.4. The number of ether oxygens (including phenoxy) is 1. The molecule has 0 bridgehead atoms. The molecular formula is C32H33F3O3. The monoisotopic (exact) mass is 522 g/mol. The van der Waals surface area contributed by atoms with Crippen molar-refractivity contribution in [2.75, 3.05) is 0 Å². The Morgan fingerprint density at radius 2 is 1.82 bits per heavy atom. The standard InChI is InChI=1S/C32H33F3O3/c1-32(2)14-4-6-27(32)25-15-19(8-12-22(25)26-16-21(33)11-13-28(26)34)18-38-29-7-3-5-23(31(29)35)24(17-30(36)37)20-9-10-20/h3,5,7-8,11-13,15-16,20,24,27H,4,6,9-10,14,17-18H2,1-2H3,(H,36,37)/t24-,27-/m1/s1. The van der Waals surface area contributed by atoms with Crippen molar-refractivity contribution >= 4 is 5.97 Å². The minimum atomic E-state index is -0.940. The van der Waals surface area contributed by atoms with Gasteiger partial charge in [-0.3, -0.25) is 4.79 Å². The molecule has 200 valence electrons. The van der Waals surface area contributed by atoms with Crippen molar-refractivity contribution in [3.8, 4) is 16.9 Å². The second-order valence-electron chi connectivity index (χ2n) is 11.5. The van der Waals surface area contributed by atoms with Crippen LogP contribution >= 0.6 is 0 Å². The molecule has 0 unspecified atom stereocenters. The zero-order valence-corrected chi connectivity index (χ0v) is 21.8. The third kappa shape index (κ3) is 5.45. The van der Waals surface area contributed by atoms with Crippen molar-refractivity contribution < 1.29 is 27.8 Å². The molecule has 0 spiro atoms. The van der Waals surface area contributed by atoms with Crippen LogP contribution < -0.4 is 4.74 Å². The number of carboxylic acids is 1. The lowest BCUT2D eigenvalue weighted by molar-refractivity contribution is -0.137. The minimum absolute atomic E-state index is 0.000431. The molecule has 2 fully saturated rings. The molecular weight excluding hydrogens is 489 g/mol. The van der Waals surface area contributed by atoms with Gasteiger partial charge >= 0.3 is 5.97 Å². The third-order valence-electron chi connectivity index (χ3n) is 8.34. The molecule has 2 aliphatic carbocycles. The molecule has 5 rings (SSSR count). The summed E-state index contributed by atoms with van der Waals surface area (Å²) in [5.41, 5.74) is 3.04. The first-order valence-corrected chi connectivity index (χ1v) is 13.4. The molecule has 2 atom stereocenters. The van der Waals surface area contributed by atoms with Gasteiger partial charge in [-0.25, -0.2) is 13.2 Å². The quantitative estimate of drug-likeness (QED) is 0.306. The number of rotatable bonds is 9. The highest BCUT2D eigenvalue weighted by Crippen LogP contribution is 2.51. The van der Waals surface area contributed by atoms with Gasteiger partial charge in [-0.05, 0) is 89.5 Å². The Hall–Kier alpha value is -3.28. The summed E-state index contributed by atoms with van der Waals surface area (Å²) >= 11 is 0. The van der Waals surface area contributed by atoms with Crippen molar-refractivity contribution in [3.63, 3.8) is 0 Å². The zero-order chi connectivity index (χ0) is 27.0. The van der Waals surface area contributed by atoms with Crippen LogP contribution in [0.1, 0.15) is 80.9 Å². The van der Waals surface area contributed by atoms with Gasteiger partial charge in [-0.1, -0.05) is 50.6 Å². The smallest absolute Gasteiger partial charge is 0.303 e. The summed E-state index contributed by atoms with van der Waals surface area (Å²) < 4.78 is 50.3. The summed E-state index contributed by atoms with van der Waals surface area (Å²) in [5, 5.41) is 9.33. The van der Waals surface area contributed by atoms with E-state index in [1.807, 2.05) is 18.2 Å². The van der Waals surface area contributed by atoms with Gasteiger partial charge < -0.3 is 9.84 Å². The van der Waals surface area contributed by atoms with E-state index in [0.29, 0.717) is 11.1 Å². The number of halogens is 3. The Morgan fingerprint density at radius 1 is 1.03 bits per heavy atom. The molecule has 0 amide bonds. The Bertz CT molecular complexity index is 1350. The predicted molar refractivity (Wildman–Crippen MR) is 141 cm³/mol. The van der Waals surface area contributed by atoms with Gasteiger partial charge in [-0.15, -0.1) is 0 Å². The van der Waals surface area contributed by atoms with Gasteiger partial charge in [0.25, 0.3) is 0 Å². The van der Waals surface area contributed by atoms with Gasteiger partial charge in [0.1, 0.15) is 18.2 Å². The lowest BCUT2D eigenvalue weighted by Gasteiger charge is -2.30. The lowest BCUT2D eigenvalue weighted by Crippen LogP contribution is -2.17. The molecule has 2 aliphatic rings. The molecule has 1 N–H and O–H groups in total. The maximum atomic E-state index is 15.5. The maximum absolute atomic E-state index is 15.5. The van der Waals surface area contributed by atoms with Crippen molar-refractivity contribution in [2.45, 2.75) is 70.8 Å². The largest absolute Gasteiger partial charge is 0.486 e. The average Bonchev–Trinajstić information content (AvgIpc) is 3.65. The molecule has 0 heterocycles. The van der Waals surface area contributed by atoms with E-state index in [2.05, 4.69) is 13.8 Å². The molecule has 6 heteroatoms. The van der Waals surface area contributed by atoms with Crippen LogP contribution in [0.25, 0.3) is 11.1 Å². The molecule has 3 nitrogen and oxygen atoms in total. The zero-order valence-electron chi connectivity index (χ0n) is 21.8. The maximum Gasteiger partial charge on any atom is 0.303 e. The summed E-state index contributed by atoms with van der Waals surface area (Å²) in [6.07, 6.45) is 4.75. The van der Waals surface area contributed by atoms with Crippen molar-refractivity contribution in [1.82, 2.24) is 0 Å². The number of carboxylic acid groups (broad SMARTS) is 1. The second-order valence-corrected chi connectivity index (χ2v) is 11.5. The highest BCUT2D eigenvalue weighted by atomic mass is 19.1. The molecule has 0 radical (unpaired) electrons. The Morgan fingerprint density at radius 3 is 2.50 bits per heavy atom. The first kappa shape index (κ1) is 26.3. The van der Waals surface area contributed by atoms with Crippen LogP contribution in [0, 0.1) is 28.8 Å². The molecule has 38 heavy (non-hydrogen) atoms. The van der Waals surface area contributed by atoms with Crippen molar-refractivity contribution in [3.05, 3.63) is 88.7 Å². The normalized spacial score (nSPS) is 19.3. The van der Waals surface area contributed by atoms with Crippen molar-refractivity contribution in [1.29, 1.82) is 0 Å². The van der Waals surface area contributed by atoms with E-state index < -0.39 is 23.4 Å². The number of hydrogen-bond donors (Lipinski definition) is 1. The molecule has 2 saturated carbocycles. The number of benzene rings is 3. The van der Waals surface area contributed by atoms with Crippen LogP contribution in [-0.2, 0) is 11.4 Å². The van der Waals surface area contributed by atoms with E-state index in [9.17, 15) is 18.7 Å². The summed E-state index contributed by atoms with van der Waals surface area (Å²) in [6.45, 7) is 4.50. The Kier molecular flexibility index (Phi) is 7.26. The summed E-state index contributed by atoms with van der Waals surface area (Å²) in [5.74, 6) is -2.36. The number of carbonyl (C=O) groups is 1. The summed E-state index contributed by atoms with van der Waals surface area (Å²) in [7, 11) is 0. The van der Waals surface area contributed by atoms with Gasteiger partial charge in [0.2, 0.25) is 0 Å². The number of aliphatic carboxylic acids is 1. The van der Waals surface area contributed by atoms with E-state index in [4.69, 9.17) is 4.74 Å². The van der Waals surface area contributed by atoms with Gasteiger partial charge in [0, 0.05) is 11.5 Å². The van der Waals surface area contributed by atoms with Crippen molar-refractivity contribution in [2.24, 2.45) is 11.3 Å². The third-order valence-corrected chi connectivity index (χ3v) is 8.34. The average molecular weight is 523 g/mol. The van der Waals surface area contributed by atoms with Crippen LogP contribution in [0.5, 0.6) is 5.75 Å². The van der Waals surface area contributed by atoms with Crippen LogP contribution in [0.2, 0.25) is 0 Å². The second kappa shape index (κ2) is 10.5. The van der Waals surface area contributed by atoms with Crippen LogP contribution in [0.15, 0.2) is 54.6 Å².